The summed E-state index contributed by atoms with van der Waals surface area (Å²) >= 11 is 0. The van der Waals surface area contributed by atoms with Crippen LogP contribution in [0.4, 0.5) is 5.69 Å². The van der Waals surface area contributed by atoms with Crippen LogP contribution in [0.5, 0.6) is 5.75 Å². The topological polar surface area (TPSA) is 233 Å². The molecule has 2 aromatic carbocycles. The molecule has 52 heavy (non-hydrogen) atoms. The molecule has 282 valence electrons. The second-order valence-electron chi connectivity index (χ2n) is 12.0. The summed E-state index contributed by atoms with van der Waals surface area (Å²) in [6, 6.07) is 13.6. The fraction of sp³-hybridized carbons (Fsp3) is 0.529. The molecule has 16 nitrogen and oxygen atoms in total. The second-order valence-corrected chi connectivity index (χ2v) is 13.0. The number of hydrogen-bond donors (Lipinski definition) is 5. The number of carbonyl (C=O) groups is 4. The van der Waals surface area contributed by atoms with E-state index in [9.17, 15) is 42.4 Å². The van der Waals surface area contributed by atoms with E-state index in [1.165, 1.54) is 24.3 Å². The number of anilines is 1. The Morgan fingerprint density at radius 3 is 2.27 bits per heavy atom. The quantitative estimate of drug-likeness (QED) is 0.0447. The first-order valence-corrected chi connectivity index (χ1v) is 18.2. The van der Waals surface area contributed by atoms with E-state index >= 15 is 0 Å². The maximum atomic E-state index is 12.9. The van der Waals surface area contributed by atoms with Crippen LogP contribution < -0.4 is 50.2 Å². The molecule has 0 unspecified atom stereocenters. The van der Waals surface area contributed by atoms with Gasteiger partial charge < -0.3 is 45.1 Å². The second kappa shape index (κ2) is 22.8. The molecular formula is C34H47N4NaO12S. The smallest absolute Gasteiger partial charge is 0.726 e. The molecule has 4 amide bonds. The molecule has 18 heteroatoms. The van der Waals surface area contributed by atoms with E-state index in [2.05, 4.69) is 20.1 Å². The Bertz CT molecular complexity index is 1530. The maximum absolute atomic E-state index is 12.9. The van der Waals surface area contributed by atoms with E-state index in [1.54, 1.807) is 29.2 Å². The third-order valence-electron chi connectivity index (χ3n) is 7.97. The molecule has 1 heterocycles. The van der Waals surface area contributed by atoms with Crippen molar-refractivity contribution in [1.29, 1.82) is 0 Å². The van der Waals surface area contributed by atoms with Crippen LogP contribution in [0.3, 0.4) is 0 Å². The summed E-state index contributed by atoms with van der Waals surface area (Å²) in [5.41, 5.74) is 1.01. The minimum atomic E-state index is -5.30. The number of ether oxygens (including phenoxy) is 2. The zero-order valence-corrected chi connectivity index (χ0v) is 32.5. The van der Waals surface area contributed by atoms with Crippen molar-refractivity contribution in [3.63, 3.8) is 0 Å². The molecule has 0 aromatic heterocycles. The Morgan fingerprint density at radius 1 is 0.962 bits per heavy atom. The molecule has 1 aliphatic heterocycles. The molecule has 0 saturated carbocycles. The number of nitrogens with zero attached hydrogens (tertiary/aromatic N) is 1. The van der Waals surface area contributed by atoms with Crippen LogP contribution in [0.15, 0.2) is 54.6 Å². The van der Waals surface area contributed by atoms with Crippen molar-refractivity contribution in [2.45, 2.75) is 89.4 Å². The number of amides is 4. The number of hydrogen-bond acceptors (Lipinski definition) is 12. The van der Waals surface area contributed by atoms with E-state index in [0.717, 1.165) is 39.0 Å². The SMILES string of the molecule is CCCCC(=O)N(CCCCCNC(=O)c1ccccc1)CCC(=O)Nc1ccc(O[C@@H]2O[C@H](CO)[C@H](OS(=O)(=O)[O-])[C@H](O)[C@H]2NC(C)=O)cc1.[Na+]. The fourth-order valence-electron chi connectivity index (χ4n) is 5.37. The molecule has 5 atom stereocenters. The van der Waals surface area contributed by atoms with E-state index in [-0.39, 0.29) is 66.0 Å². The zero-order chi connectivity index (χ0) is 37.4. The molecule has 3 rings (SSSR count). The Morgan fingerprint density at radius 2 is 1.65 bits per heavy atom. The van der Waals surface area contributed by atoms with Gasteiger partial charge in [-0.2, -0.15) is 0 Å². The predicted molar refractivity (Wildman–Crippen MR) is 183 cm³/mol. The average Bonchev–Trinajstić information content (AvgIpc) is 3.09. The largest absolute Gasteiger partial charge is 1.00 e. The molecule has 1 aliphatic rings. The maximum Gasteiger partial charge on any atom is 1.00 e. The molecule has 1 fully saturated rings. The van der Waals surface area contributed by atoms with Gasteiger partial charge >= 0.3 is 29.6 Å². The Hall–Kier alpha value is -3.13. The van der Waals surface area contributed by atoms with Gasteiger partial charge in [0, 0.05) is 50.7 Å². The average molecular weight is 759 g/mol. The third-order valence-corrected chi connectivity index (χ3v) is 8.43. The Labute approximate surface area is 326 Å². The summed E-state index contributed by atoms with van der Waals surface area (Å²) < 4.78 is 49.2. The normalized spacial score (nSPS) is 19.8. The molecule has 0 aliphatic carbocycles. The number of benzene rings is 2. The monoisotopic (exact) mass is 758 g/mol. The number of aliphatic hydroxyl groups is 2. The van der Waals surface area contributed by atoms with Crippen molar-refractivity contribution < 1.29 is 85.6 Å². The number of unbranched alkanes of at least 4 members (excludes halogenated alkanes) is 3. The Kier molecular flexibility index (Phi) is 19.8. The van der Waals surface area contributed by atoms with Crippen molar-refractivity contribution in [2.75, 3.05) is 31.6 Å². The van der Waals surface area contributed by atoms with E-state index in [4.69, 9.17) is 9.47 Å². The minimum Gasteiger partial charge on any atom is -0.726 e. The van der Waals surface area contributed by atoms with Crippen molar-refractivity contribution in [3.8, 4) is 5.75 Å². The molecule has 0 bridgehead atoms. The van der Waals surface area contributed by atoms with Gasteiger partial charge in [-0.15, -0.1) is 0 Å². The molecule has 1 saturated heterocycles. The summed E-state index contributed by atoms with van der Waals surface area (Å²) in [5.74, 6) is -0.939. The van der Waals surface area contributed by atoms with Gasteiger partial charge in [-0.05, 0) is 62.1 Å². The van der Waals surface area contributed by atoms with Crippen LogP contribution in [0.1, 0.15) is 69.2 Å². The first-order chi connectivity index (χ1) is 24.3. The summed E-state index contributed by atoms with van der Waals surface area (Å²) in [5, 5.41) is 28.5. The van der Waals surface area contributed by atoms with Crippen LogP contribution >= 0.6 is 0 Å². The standard InChI is InChI=1S/C34H48N4O12S.Na/c1-3-4-13-29(42)38(20-10-6-9-19-35-33(44)24-11-7-5-8-12-24)21-18-28(41)37-25-14-16-26(17-15-25)48-34-30(36-23(2)40)31(43)32(27(22-39)49-34)50-51(45,46)47;/h5,7-8,11-12,14-17,27,30-32,34,39,43H,3-4,6,9-10,13,18-22H2,1-2H3,(H,35,44)(H,36,40)(H,37,41)(H,45,46,47);/q;+1/p-1/t27-,30-,31-,32+,34-;/m1./s1. The first kappa shape index (κ1) is 45.0. The third kappa shape index (κ3) is 15.5. The van der Waals surface area contributed by atoms with Crippen LogP contribution in [0.2, 0.25) is 0 Å². The van der Waals surface area contributed by atoms with Gasteiger partial charge in [0.15, 0.2) is 0 Å². The van der Waals surface area contributed by atoms with Gasteiger partial charge in [0.05, 0.1) is 6.61 Å². The van der Waals surface area contributed by atoms with Crippen LogP contribution in [-0.2, 0) is 33.7 Å². The molecular weight excluding hydrogens is 711 g/mol. The molecule has 0 radical (unpaired) electrons. The van der Waals surface area contributed by atoms with Gasteiger partial charge in [0.25, 0.3) is 5.91 Å². The van der Waals surface area contributed by atoms with Gasteiger partial charge in [0.1, 0.15) is 30.1 Å². The number of nitrogens with one attached hydrogen (secondary N) is 3. The van der Waals surface area contributed by atoms with Crippen molar-refractivity contribution >= 4 is 39.7 Å². The molecule has 5 N–H and O–H groups in total. The summed E-state index contributed by atoms with van der Waals surface area (Å²) in [4.78, 5) is 51.4. The summed E-state index contributed by atoms with van der Waals surface area (Å²) in [6.07, 6.45) is -2.23. The number of aliphatic hydroxyl groups excluding tert-OH is 2. The number of carbonyl (C=O) groups excluding carboxylic acids is 4. The fourth-order valence-corrected chi connectivity index (χ4v) is 5.88. The van der Waals surface area contributed by atoms with Gasteiger partial charge in [0.2, 0.25) is 34.4 Å². The van der Waals surface area contributed by atoms with Gasteiger partial charge in [-0.25, -0.2) is 8.42 Å². The Balaban J connectivity index is 0.00000936. The minimum absolute atomic E-state index is 0. The van der Waals surface area contributed by atoms with Crippen LogP contribution in [-0.4, -0.2) is 109 Å². The van der Waals surface area contributed by atoms with Gasteiger partial charge in [-0.3, -0.25) is 23.4 Å². The van der Waals surface area contributed by atoms with Crippen LogP contribution in [0.25, 0.3) is 0 Å². The number of rotatable bonds is 20. The van der Waals surface area contributed by atoms with Crippen molar-refractivity contribution in [2.24, 2.45) is 0 Å². The predicted octanol–water partition coefficient (Wildman–Crippen LogP) is -1.55. The van der Waals surface area contributed by atoms with E-state index < -0.39 is 53.6 Å². The molecule has 0 spiro atoms. The van der Waals surface area contributed by atoms with E-state index in [1.807, 2.05) is 13.0 Å². The van der Waals surface area contributed by atoms with Crippen molar-refractivity contribution in [3.05, 3.63) is 60.2 Å². The summed E-state index contributed by atoms with van der Waals surface area (Å²) in [7, 11) is -5.30. The van der Waals surface area contributed by atoms with Gasteiger partial charge in [-0.1, -0.05) is 31.5 Å². The zero-order valence-electron chi connectivity index (χ0n) is 29.7. The van der Waals surface area contributed by atoms with E-state index in [0.29, 0.717) is 30.8 Å². The first-order valence-electron chi connectivity index (χ1n) is 16.8. The van der Waals surface area contributed by atoms with Crippen LogP contribution in [0, 0.1) is 0 Å². The van der Waals surface area contributed by atoms with Crippen molar-refractivity contribution in [1.82, 2.24) is 15.5 Å². The summed E-state index contributed by atoms with van der Waals surface area (Å²) in [6.45, 7) is 3.53. The molecule has 2 aromatic rings.